The van der Waals surface area contributed by atoms with Gasteiger partial charge < -0.3 is 9.64 Å². The highest BCUT2D eigenvalue weighted by molar-refractivity contribution is 5.20. The Labute approximate surface area is 98.2 Å². The molecule has 0 unspecified atom stereocenters. The summed E-state index contributed by atoms with van der Waals surface area (Å²) in [6.45, 7) is 8.72. The molecule has 16 heavy (non-hydrogen) atoms. The van der Waals surface area contributed by atoms with Gasteiger partial charge in [-0.15, -0.1) is 0 Å². The lowest BCUT2D eigenvalue weighted by atomic mass is 10.00. The van der Waals surface area contributed by atoms with Crippen molar-refractivity contribution < 1.29 is 4.74 Å². The molecule has 0 saturated carbocycles. The van der Waals surface area contributed by atoms with Crippen molar-refractivity contribution in [3.05, 3.63) is 36.2 Å². The van der Waals surface area contributed by atoms with Crippen LogP contribution in [0.1, 0.15) is 13.8 Å². The molecule has 0 atom stereocenters. The molecule has 0 aliphatic carbocycles. The van der Waals surface area contributed by atoms with Crippen LogP contribution in [0.5, 0.6) is 5.75 Å². The summed E-state index contributed by atoms with van der Waals surface area (Å²) < 4.78 is 5.73. The molecule has 2 rings (SSSR count). The summed E-state index contributed by atoms with van der Waals surface area (Å²) in [5.74, 6) is 3.18. The van der Waals surface area contributed by atoms with Crippen molar-refractivity contribution in [2.75, 3.05) is 26.2 Å². The molecule has 0 aromatic heterocycles. The van der Waals surface area contributed by atoms with Crippen molar-refractivity contribution in [3.63, 3.8) is 0 Å². The van der Waals surface area contributed by atoms with Crippen molar-refractivity contribution in [2.45, 2.75) is 13.8 Å². The van der Waals surface area contributed by atoms with E-state index in [-0.39, 0.29) is 0 Å². The fraction of sp³-hybridized carbons (Fsp3) is 0.500. The third-order valence-corrected chi connectivity index (χ3v) is 2.80. The number of benzene rings is 1. The average molecular weight is 218 g/mol. The van der Waals surface area contributed by atoms with E-state index in [9.17, 15) is 0 Å². The molecule has 1 radical (unpaired) electrons. The van der Waals surface area contributed by atoms with Crippen LogP contribution in [0, 0.1) is 11.8 Å². The van der Waals surface area contributed by atoms with Gasteiger partial charge in [0, 0.05) is 25.6 Å². The van der Waals surface area contributed by atoms with E-state index in [0.717, 1.165) is 18.9 Å². The van der Waals surface area contributed by atoms with Gasteiger partial charge >= 0.3 is 0 Å². The first kappa shape index (κ1) is 11.5. The second kappa shape index (κ2) is 5.35. The standard InChI is InChI=1S/C14H20NO/c1-12(2)8-15-9-13(10-15)11-16-14-6-4-3-5-7-14/h3-7,13H,8-11H2,1-2H3. The first-order valence-corrected chi connectivity index (χ1v) is 5.93. The highest BCUT2D eigenvalue weighted by atomic mass is 16.5. The van der Waals surface area contributed by atoms with Gasteiger partial charge in [-0.2, -0.15) is 0 Å². The lowest BCUT2D eigenvalue weighted by Crippen LogP contribution is -2.50. The molecule has 2 heteroatoms. The normalized spacial score (nSPS) is 17.4. The minimum atomic E-state index is 0.708. The van der Waals surface area contributed by atoms with Gasteiger partial charge in [-0.25, -0.2) is 0 Å². The van der Waals surface area contributed by atoms with Crippen LogP contribution in [0.15, 0.2) is 30.3 Å². The van der Waals surface area contributed by atoms with Crippen LogP contribution in [0.4, 0.5) is 0 Å². The molecule has 87 valence electrons. The van der Waals surface area contributed by atoms with Crippen molar-refractivity contribution in [1.29, 1.82) is 0 Å². The molecular weight excluding hydrogens is 198 g/mol. The number of hydrogen-bond donors (Lipinski definition) is 0. The monoisotopic (exact) mass is 218 g/mol. The maximum Gasteiger partial charge on any atom is 0.119 e. The quantitative estimate of drug-likeness (QED) is 0.753. The van der Waals surface area contributed by atoms with Crippen molar-refractivity contribution >= 4 is 0 Å². The largest absolute Gasteiger partial charge is 0.493 e. The first-order chi connectivity index (χ1) is 7.74. The number of rotatable bonds is 5. The summed E-state index contributed by atoms with van der Waals surface area (Å²) in [4.78, 5) is 2.47. The first-order valence-electron chi connectivity index (χ1n) is 5.93. The van der Waals surface area contributed by atoms with E-state index in [1.165, 1.54) is 19.0 Å². The molecule has 2 nitrogen and oxygen atoms in total. The summed E-state index contributed by atoms with van der Waals surface area (Å²) >= 11 is 0. The number of hydrogen-bond acceptors (Lipinski definition) is 2. The molecule has 1 aliphatic rings. The third-order valence-electron chi connectivity index (χ3n) is 2.80. The SMILES string of the molecule is C[C](C)CN1CC(COc2ccccc2)C1. The van der Waals surface area contributed by atoms with E-state index in [4.69, 9.17) is 4.74 Å². The van der Waals surface area contributed by atoms with Gasteiger partial charge in [0.15, 0.2) is 0 Å². The van der Waals surface area contributed by atoms with Crippen LogP contribution in [-0.2, 0) is 0 Å². The summed E-state index contributed by atoms with van der Waals surface area (Å²) in [7, 11) is 0. The fourth-order valence-electron chi connectivity index (χ4n) is 2.09. The number of nitrogens with zero attached hydrogens (tertiary/aromatic N) is 1. The summed E-state index contributed by atoms with van der Waals surface area (Å²) in [5.41, 5.74) is 0. The zero-order chi connectivity index (χ0) is 11.4. The van der Waals surface area contributed by atoms with E-state index >= 15 is 0 Å². The zero-order valence-corrected chi connectivity index (χ0v) is 10.1. The van der Waals surface area contributed by atoms with Crippen molar-refractivity contribution in [2.24, 2.45) is 5.92 Å². The summed E-state index contributed by atoms with van der Waals surface area (Å²) in [5, 5.41) is 0. The highest BCUT2D eigenvalue weighted by Crippen LogP contribution is 2.19. The van der Waals surface area contributed by atoms with Crippen LogP contribution in [-0.4, -0.2) is 31.1 Å². The van der Waals surface area contributed by atoms with Crippen molar-refractivity contribution in [3.8, 4) is 5.75 Å². The Morgan fingerprint density at radius 3 is 2.56 bits per heavy atom. The predicted octanol–water partition coefficient (Wildman–Crippen LogP) is 2.61. The lowest BCUT2D eigenvalue weighted by Gasteiger charge is -2.39. The van der Waals surface area contributed by atoms with Crippen LogP contribution in [0.25, 0.3) is 0 Å². The zero-order valence-electron chi connectivity index (χ0n) is 10.1. The Morgan fingerprint density at radius 1 is 1.25 bits per heavy atom. The maximum absolute atomic E-state index is 5.73. The Morgan fingerprint density at radius 2 is 1.94 bits per heavy atom. The number of likely N-dealkylation sites (tertiary alicyclic amines) is 1. The highest BCUT2D eigenvalue weighted by Gasteiger charge is 2.27. The van der Waals surface area contributed by atoms with E-state index in [1.807, 2.05) is 30.3 Å². The van der Waals surface area contributed by atoms with Crippen molar-refractivity contribution in [1.82, 2.24) is 4.90 Å². The Balaban J connectivity index is 1.63. The lowest BCUT2D eigenvalue weighted by molar-refractivity contribution is 0.0664. The molecular formula is C14H20NO. The fourth-order valence-corrected chi connectivity index (χ4v) is 2.09. The molecule has 1 aromatic carbocycles. The van der Waals surface area contributed by atoms with E-state index in [0.29, 0.717) is 5.92 Å². The van der Waals surface area contributed by atoms with Gasteiger partial charge in [0.1, 0.15) is 5.75 Å². The van der Waals surface area contributed by atoms with E-state index in [1.54, 1.807) is 0 Å². The molecule has 1 fully saturated rings. The molecule has 0 spiro atoms. The van der Waals surface area contributed by atoms with Crippen LogP contribution >= 0.6 is 0 Å². The molecule has 1 heterocycles. The molecule has 0 N–H and O–H groups in total. The Kier molecular flexibility index (Phi) is 3.83. The molecule has 0 bridgehead atoms. The third kappa shape index (κ3) is 3.24. The van der Waals surface area contributed by atoms with Gasteiger partial charge in [0.25, 0.3) is 0 Å². The van der Waals surface area contributed by atoms with Gasteiger partial charge in [0.2, 0.25) is 0 Å². The van der Waals surface area contributed by atoms with Gasteiger partial charge in [-0.05, 0) is 18.1 Å². The molecule has 1 saturated heterocycles. The van der Waals surface area contributed by atoms with Crippen LogP contribution < -0.4 is 4.74 Å². The smallest absolute Gasteiger partial charge is 0.119 e. The maximum atomic E-state index is 5.73. The van der Waals surface area contributed by atoms with Crippen LogP contribution in [0.3, 0.4) is 0 Å². The predicted molar refractivity (Wildman–Crippen MR) is 66.5 cm³/mol. The summed E-state index contributed by atoms with van der Waals surface area (Å²) in [6.07, 6.45) is 0. The van der Waals surface area contributed by atoms with E-state index < -0.39 is 0 Å². The second-order valence-corrected chi connectivity index (χ2v) is 4.89. The minimum absolute atomic E-state index is 0.708. The van der Waals surface area contributed by atoms with Gasteiger partial charge in [-0.3, -0.25) is 0 Å². The second-order valence-electron chi connectivity index (χ2n) is 4.89. The average Bonchev–Trinajstić information content (AvgIpc) is 2.22. The number of para-hydroxylation sites is 1. The number of ether oxygens (including phenoxy) is 1. The summed E-state index contributed by atoms with van der Waals surface area (Å²) in [6, 6.07) is 10.1. The van der Waals surface area contributed by atoms with Gasteiger partial charge in [0.05, 0.1) is 6.61 Å². The molecule has 1 aromatic rings. The molecule has 1 aliphatic heterocycles. The topological polar surface area (TPSA) is 12.5 Å². The van der Waals surface area contributed by atoms with Crippen LogP contribution in [0.2, 0.25) is 0 Å². The van der Waals surface area contributed by atoms with E-state index in [2.05, 4.69) is 18.7 Å². The Hall–Kier alpha value is -1.02. The minimum Gasteiger partial charge on any atom is -0.493 e. The Bertz CT molecular complexity index is 304. The molecule has 0 amide bonds. The van der Waals surface area contributed by atoms with Gasteiger partial charge in [-0.1, -0.05) is 32.0 Å².